The van der Waals surface area contributed by atoms with Gasteiger partial charge in [-0.15, -0.1) is 0 Å². The Labute approximate surface area is 148 Å². The monoisotopic (exact) mass is 361 g/mol. The Morgan fingerprint density at radius 2 is 2.08 bits per heavy atom. The summed E-state index contributed by atoms with van der Waals surface area (Å²) in [5.41, 5.74) is 1.96. The van der Waals surface area contributed by atoms with Crippen LogP contribution in [0.15, 0.2) is 29.4 Å². The highest BCUT2D eigenvalue weighted by molar-refractivity contribution is 5.82. The summed E-state index contributed by atoms with van der Waals surface area (Å²) < 4.78 is 12.5. The third-order valence-corrected chi connectivity index (χ3v) is 4.53. The number of aliphatic hydroxyl groups excluding tert-OH is 3. The normalized spacial score (nSPS) is 25.8. The quantitative estimate of drug-likeness (QED) is 0.492. The van der Waals surface area contributed by atoms with Crippen molar-refractivity contribution in [3.05, 3.63) is 36.3 Å². The largest absolute Gasteiger partial charge is 0.467 e. The van der Waals surface area contributed by atoms with E-state index in [1.54, 1.807) is 6.26 Å². The number of imidazole rings is 1. The molecular formula is C16H19N5O5. The van der Waals surface area contributed by atoms with Gasteiger partial charge < -0.3 is 29.8 Å². The Bertz CT molecular complexity index is 909. The minimum Gasteiger partial charge on any atom is -0.467 e. The zero-order valence-corrected chi connectivity index (χ0v) is 14.0. The highest BCUT2D eigenvalue weighted by Gasteiger charge is 2.44. The number of furan rings is 1. The van der Waals surface area contributed by atoms with Crippen LogP contribution >= 0.6 is 0 Å². The first kappa shape index (κ1) is 16.9. The second kappa shape index (κ2) is 6.65. The molecule has 3 aromatic rings. The summed E-state index contributed by atoms with van der Waals surface area (Å²) in [6.45, 7) is 1.99. The van der Waals surface area contributed by atoms with Gasteiger partial charge in [0.15, 0.2) is 23.2 Å². The molecule has 1 fully saturated rings. The lowest BCUT2D eigenvalue weighted by atomic mass is 10.1. The molecule has 138 valence electrons. The molecule has 3 aromatic heterocycles. The number of hydrogen-bond donors (Lipinski definition) is 4. The van der Waals surface area contributed by atoms with Crippen molar-refractivity contribution in [2.24, 2.45) is 0 Å². The standard InChI is InChI=1S/C16H19N5O5/c1-8-2-3-25-9(8)4-17-14-11-15(19-6-18-14)21(7-20-11)16-13(24)12(23)10(5-22)26-16/h2-3,6-7,10,12-13,16,22-24H,4-5H2,1H3,(H,17,18,19)/t10-,12-,13+,16-/m1/s1. The second-order valence-electron chi connectivity index (χ2n) is 6.16. The van der Waals surface area contributed by atoms with Crippen molar-refractivity contribution in [1.29, 1.82) is 0 Å². The molecule has 0 aliphatic carbocycles. The molecule has 1 aliphatic rings. The van der Waals surface area contributed by atoms with Crippen molar-refractivity contribution < 1.29 is 24.5 Å². The molecule has 0 radical (unpaired) electrons. The molecule has 1 saturated heterocycles. The number of nitrogens with zero attached hydrogens (tertiary/aromatic N) is 4. The third kappa shape index (κ3) is 2.72. The van der Waals surface area contributed by atoms with E-state index in [0.29, 0.717) is 23.5 Å². The summed E-state index contributed by atoms with van der Waals surface area (Å²) in [6, 6.07) is 1.88. The van der Waals surface area contributed by atoms with E-state index in [2.05, 4.69) is 20.3 Å². The number of rotatable bonds is 5. The molecule has 4 rings (SSSR count). The minimum absolute atomic E-state index is 0.397. The van der Waals surface area contributed by atoms with Crippen LogP contribution in [-0.2, 0) is 11.3 Å². The fourth-order valence-corrected chi connectivity index (χ4v) is 3.03. The Balaban J connectivity index is 1.62. The van der Waals surface area contributed by atoms with Crippen molar-refractivity contribution >= 4 is 17.0 Å². The summed E-state index contributed by atoms with van der Waals surface area (Å²) in [5.74, 6) is 1.30. The first-order valence-corrected chi connectivity index (χ1v) is 8.17. The molecule has 4 heterocycles. The number of nitrogens with one attached hydrogen (secondary N) is 1. The van der Waals surface area contributed by atoms with Gasteiger partial charge in [-0.05, 0) is 18.6 Å². The lowest BCUT2D eigenvalue weighted by Gasteiger charge is -2.16. The van der Waals surface area contributed by atoms with Crippen molar-refractivity contribution in [3.63, 3.8) is 0 Å². The third-order valence-electron chi connectivity index (χ3n) is 4.53. The Morgan fingerprint density at radius 1 is 1.23 bits per heavy atom. The lowest BCUT2D eigenvalue weighted by Crippen LogP contribution is -2.33. The topological polar surface area (TPSA) is 139 Å². The number of hydrogen-bond acceptors (Lipinski definition) is 9. The Kier molecular flexibility index (Phi) is 4.32. The first-order chi connectivity index (χ1) is 12.6. The van der Waals surface area contributed by atoms with Gasteiger partial charge in [-0.1, -0.05) is 0 Å². The van der Waals surface area contributed by atoms with Crippen LogP contribution in [0, 0.1) is 6.92 Å². The predicted octanol–water partition coefficient (Wildman–Crippen LogP) is -0.0487. The van der Waals surface area contributed by atoms with Crippen molar-refractivity contribution in [2.75, 3.05) is 11.9 Å². The van der Waals surface area contributed by atoms with Gasteiger partial charge in [-0.25, -0.2) is 15.0 Å². The summed E-state index contributed by atoms with van der Waals surface area (Å²) in [6.07, 6.45) is 0.294. The highest BCUT2D eigenvalue weighted by Crippen LogP contribution is 2.32. The molecule has 0 spiro atoms. The van der Waals surface area contributed by atoms with E-state index < -0.39 is 31.1 Å². The van der Waals surface area contributed by atoms with Gasteiger partial charge in [0.05, 0.1) is 25.7 Å². The van der Waals surface area contributed by atoms with Crippen LogP contribution in [0.1, 0.15) is 17.6 Å². The molecule has 10 nitrogen and oxygen atoms in total. The summed E-state index contributed by atoms with van der Waals surface area (Å²) >= 11 is 0. The molecule has 1 aliphatic heterocycles. The van der Waals surface area contributed by atoms with E-state index in [0.717, 1.165) is 11.3 Å². The van der Waals surface area contributed by atoms with Gasteiger partial charge in [0, 0.05) is 0 Å². The fraction of sp³-hybridized carbons (Fsp3) is 0.438. The maximum atomic E-state index is 10.2. The zero-order chi connectivity index (χ0) is 18.3. The number of anilines is 1. The van der Waals surface area contributed by atoms with E-state index in [1.807, 2.05) is 13.0 Å². The Morgan fingerprint density at radius 3 is 2.77 bits per heavy atom. The van der Waals surface area contributed by atoms with Crippen LogP contribution in [0.4, 0.5) is 5.82 Å². The average molecular weight is 361 g/mol. The fourth-order valence-electron chi connectivity index (χ4n) is 3.03. The summed E-state index contributed by atoms with van der Waals surface area (Å²) in [7, 11) is 0. The maximum Gasteiger partial charge on any atom is 0.167 e. The average Bonchev–Trinajstić information content (AvgIpc) is 3.32. The predicted molar refractivity (Wildman–Crippen MR) is 89.1 cm³/mol. The highest BCUT2D eigenvalue weighted by atomic mass is 16.6. The van der Waals surface area contributed by atoms with Crippen LogP contribution in [0.25, 0.3) is 11.2 Å². The van der Waals surface area contributed by atoms with Gasteiger partial charge in [0.1, 0.15) is 30.4 Å². The van der Waals surface area contributed by atoms with Crippen LogP contribution in [0.2, 0.25) is 0 Å². The smallest absolute Gasteiger partial charge is 0.167 e. The summed E-state index contributed by atoms with van der Waals surface area (Å²) in [4.78, 5) is 12.7. The van der Waals surface area contributed by atoms with Crippen molar-refractivity contribution in [1.82, 2.24) is 19.5 Å². The molecule has 10 heteroatoms. The molecule has 0 amide bonds. The second-order valence-corrected chi connectivity index (χ2v) is 6.16. The molecule has 4 N–H and O–H groups in total. The van der Waals surface area contributed by atoms with E-state index >= 15 is 0 Å². The molecule has 0 aromatic carbocycles. The maximum absolute atomic E-state index is 10.2. The number of ether oxygens (including phenoxy) is 1. The molecule has 0 saturated carbocycles. The van der Waals surface area contributed by atoms with Crippen LogP contribution in [-0.4, -0.2) is 59.8 Å². The molecule has 4 atom stereocenters. The van der Waals surface area contributed by atoms with Crippen molar-refractivity contribution in [2.45, 2.75) is 38.0 Å². The van der Waals surface area contributed by atoms with Gasteiger partial charge in [0.25, 0.3) is 0 Å². The van der Waals surface area contributed by atoms with E-state index in [1.165, 1.54) is 17.2 Å². The number of fused-ring (bicyclic) bond motifs is 1. The van der Waals surface area contributed by atoms with Crippen LogP contribution in [0.5, 0.6) is 0 Å². The van der Waals surface area contributed by atoms with E-state index in [4.69, 9.17) is 9.15 Å². The molecule has 0 bridgehead atoms. The van der Waals surface area contributed by atoms with Crippen molar-refractivity contribution in [3.8, 4) is 0 Å². The van der Waals surface area contributed by atoms with Gasteiger partial charge >= 0.3 is 0 Å². The number of aryl methyl sites for hydroxylation is 1. The van der Waals surface area contributed by atoms with Crippen LogP contribution < -0.4 is 5.32 Å². The Hall–Kier alpha value is -2.53. The van der Waals surface area contributed by atoms with Gasteiger partial charge in [-0.2, -0.15) is 0 Å². The van der Waals surface area contributed by atoms with Gasteiger partial charge in [-0.3, -0.25) is 4.57 Å². The molecule has 0 unspecified atom stereocenters. The molecular weight excluding hydrogens is 342 g/mol. The number of aromatic nitrogens is 4. The van der Waals surface area contributed by atoms with E-state index in [-0.39, 0.29) is 0 Å². The summed E-state index contributed by atoms with van der Waals surface area (Å²) in [5, 5.41) is 32.6. The zero-order valence-electron chi connectivity index (χ0n) is 14.0. The SMILES string of the molecule is Cc1ccoc1CNc1ncnc2c1ncn2[C@@H]1O[C@H](CO)[C@@H](O)[C@@H]1O. The van der Waals surface area contributed by atoms with Crippen LogP contribution in [0.3, 0.4) is 0 Å². The van der Waals surface area contributed by atoms with Gasteiger partial charge in [0.2, 0.25) is 0 Å². The molecule has 26 heavy (non-hydrogen) atoms. The number of aliphatic hydroxyl groups is 3. The first-order valence-electron chi connectivity index (χ1n) is 8.17. The van der Waals surface area contributed by atoms with E-state index in [9.17, 15) is 15.3 Å². The minimum atomic E-state index is -1.21. The lowest BCUT2D eigenvalue weighted by molar-refractivity contribution is -0.0511.